The van der Waals surface area contributed by atoms with Gasteiger partial charge < -0.3 is 0 Å². The van der Waals surface area contributed by atoms with Crippen molar-refractivity contribution in [1.29, 1.82) is 5.26 Å². The van der Waals surface area contributed by atoms with Crippen LogP contribution in [0.15, 0.2) is 23.2 Å². The number of hydrogen-bond acceptors (Lipinski definition) is 4. The summed E-state index contributed by atoms with van der Waals surface area (Å²) in [6, 6.07) is 4.59. The quantitative estimate of drug-likeness (QED) is 0.814. The van der Waals surface area contributed by atoms with Gasteiger partial charge >= 0.3 is 0 Å². The van der Waals surface area contributed by atoms with Gasteiger partial charge in [-0.25, -0.2) is 13.4 Å². The van der Waals surface area contributed by atoms with Crippen LogP contribution in [-0.4, -0.2) is 30.3 Å². The Balaban J connectivity index is 3.14. The van der Waals surface area contributed by atoms with Crippen LogP contribution < -0.4 is 0 Å². The molecule has 0 saturated carbocycles. The summed E-state index contributed by atoms with van der Waals surface area (Å²) in [6.07, 6.45) is 1.99. The maximum atomic E-state index is 12.4. The summed E-state index contributed by atoms with van der Waals surface area (Å²) in [5.74, 6) is 0. The molecule has 1 heterocycles. The van der Waals surface area contributed by atoms with Crippen molar-refractivity contribution < 1.29 is 8.42 Å². The molecule has 0 fully saturated rings. The van der Waals surface area contributed by atoms with Crippen molar-refractivity contribution in [2.45, 2.75) is 38.1 Å². The second kappa shape index (κ2) is 5.94. The van der Waals surface area contributed by atoms with E-state index in [9.17, 15) is 8.42 Å². The van der Waals surface area contributed by atoms with E-state index in [1.54, 1.807) is 0 Å². The second-order valence-corrected chi connectivity index (χ2v) is 6.09. The minimum absolute atomic E-state index is 0.106. The predicted octanol–water partition coefficient (Wildman–Crippen LogP) is 1.76. The molecule has 0 atom stereocenters. The summed E-state index contributed by atoms with van der Waals surface area (Å²) in [5, 5.41) is 8.64. The first kappa shape index (κ1) is 14.6. The molecule has 0 radical (unpaired) electrons. The maximum Gasteiger partial charge on any atom is 0.244 e. The lowest BCUT2D eigenvalue weighted by atomic mass is 10.4. The largest absolute Gasteiger partial charge is 0.244 e. The molecule has 1 aromatic rings. The monoisotopic (exact) mass is 267 g/mol. The Morgan fingerprint density at radius 1 is 1.44 bits per heavy atom. The van der Waals surface area contributed by atoms with Crippen molar-refractivity contribution in [2.75, 3.05) is 6.54 Å². The van der Waals surface area contributed by atoms with Crippen molar-refractivity contribution >= 4 is 10.0 Å². The minimum atomic E-state index is -3.53. The molecule has 98 valence electrons. The van der Waals surface area contributed by atoms with Gasteiger partial charge in [-0.1, -0.05) is 6.92 Å². The van der Waals surface area contributed by atoms with Gasteiger partial charge in [-0.05, 0) is 32.4 Å². The van der Waals surface area contributed by atoms with E-state index in [1.165, 1.54) is 22.6 Å². The fourth-order valence-corrected chi connectivity index (χ4v) is 3.29. The van der Waals surface area contributed by atoms with E-state index < -0.39 is 10.0 Å². The molecule has 0 aliphatic carbocycles. The van der Waals surface area contributed by atoms with Crippen LogP contribution in [0.25, 0.3) is 0 Å². The Morgan fingerprint density at radius 3 is 2.50 bits per heavy atom. The smallest absolute Gasteiger partial charge is 0.244 e. The summed E-state index contributed by atoms with van der Waals surface area (Å²) in [6.45, 7) is 6.08. The first-order valence-corrected chi connectivity index (χ1v) is 7.25. The SMILES string of the molecule is CCCN(C(C)C)S(=O)(=O)c1ccc(C#N)nc1. The molecule has 0 unspecified atom stereocenters. The fraction of sp³-hybridized carbons (Fsp3) is 0.500. The third-order valence-corrected chi connectivity index (χ3v) is 4.54. The van der Waals surface area contributed by atoms with Crippen molar-refractivity contribution in [2.24, 2.45) is 0 Å². The molecular formula is C12H17N3O2S. The molecule has 0 spiro atoms. The first-order chi connectivity index (χ1) is 8.43. The maximum absolute atomic E-state index is 12.4. The van der Waals surface area contributed by atoms with E-state index in [0.717, 1.165) is 6.42 Å². The highest BCUT2D eigenvalue weighted by Gasteiger charge is 2.26. The lowest BCUT2D eigenvalue weighted by molar-refractivity contribution is 0.354. The number of rotatable bonds is 5. The molecule has 0 N–H and O–H groups in total. The standard InChI is InChI=1S/C12H17N3O2S/c1-4-7-15(10(2)3)18(16,17)12-6-5-11(8-13)14-9-12/h5-6,9-10H,4,7H2,1-3H3. The van der Waals surface area contributed by atoms with Crippen LogP contribution in [0, 0.1) is 11.3 Å². The van der Waals surface area contributed by atoms with Crippen LogP contribution >= 0.6 is 0 Å². The van der Waals surface area contributed by atoms with Crippen LogP contribution in [-0.2, 0) is 10.0 Å². The van der Waals surface area contributed by atoms with Gasteiger partial charge in [0.2, 0.25) is 10.0 Å². The Morgan fingerprint density at radius 2 is 2.11 bits per heavy atom. The van der Waals surface area contributed by atoms with Crippen molar-refractivity contribution in [3.8, 4) is 6.07 Å². The average molecular weight is 267 g/mol. The van der Waals surface area contributed by atoms with Crippen LogP contribution in [0.3, 0.4) is 0 Å². The van der Waals surface area contributed by atoms with Gasteiger partial charge in [0.1, 0.15) is 16.7 Å². The van der Waals surface area contributed by atoms with Crippen molar-refractivity contribution in [3.05, 3.63) is 24.0 Å². The van der Waals surface area contributed by atoms with Crippen molar-refractivity contribution in [3.63, 3.8) is 0 Å². The number of hydrogen-bond donors (Lipinski definition) is 0. The fourth-order valence-electron chi connectivity index (χ4n) is 1.61. The molecule has 5 nitrogen and oxygen atoms in total. The third-order valence-electron chi connectivity index (χ3n) is 2.48. The topological polar surface area (TPSA) is 74.1 Å². The summed E-state index contributed by atoms with van der Waals surface area (Å²) >= 11 is 0. The molecule has 0 bridgehead atoms. The minimum Gasteiger partial charge on any atom is -0.244 e. The van der Waals surface area contributed by atoms with Crippen LogP contribution in [0.2, 0.25) is 0 Å². The van der Waals surface area contributed by atoms with Crippen LogP contribution in [0.5, 0.6) is 0 Å². The number of nitrogens with zero attached hydrogens (tertiary/aromatic N) is 3. The molecule has 0 aromatic carbocycles. The van der Waals surface area contributed by atoms with E-state index in [2.05, 4.69) is 4.98 Å². The van der Waals surface area contributed by atoms with Crippen LogP contribution in [0.4, 0.5) is 0 Å². The van der Waals surface area contributed by atoms with Crippen molar-refractivity contribution in [1.82, 2.24) is 9.29 Å². The predicted molar refractivity (Wildman–Crippen MR) is 68.3 cm³/mol. The molecule has 18 heavy (non-hydrogen) atoms. The molecular weight excluding hydrogens is 250 g/mol. The number of sulfonamides is 1. The van der Waals surface area contributed by atoms with Gasteiger partial charge in [-0.3, -0.25) is 0 Å². The van der Waals surface area contributed by atoms with E-state index in [4.69, 9.17) is 5.26 Å². The lowest BCUT2D eigenvalue weighted by Gasteiger charge is -2.25. The highest BCUT2D eigenvalue weighted by atomic mass is 32.2. The normalized spacial score (nSPS) is 11.8. The molecule has 6 heteroatoms. The first-order valence-electron chi connectivity index (χ1n) is 5.81. The summed E-state index contributed by atoms with van der Waals surface area (Å²) in [5.41, 5.74) is 0.209. The zero-order valence-corrected chi connectivity index (χ0v) is 11.6. The van der Waals surface area contributed by atoms with E-state index >= 15 is 0 Å². The van der Waals surface area contributed by atoms with Crippen LogP contribution in [0.1, 0.15) is 32.9 Å². The van der Waals surface area contributed by atoms with Gasteiger partial charge in [0.05, 0.1) is 0 Å². The van der Waals surface area contributed by atoms with Gasteiger partial charge in [0.15, 0.2) is 0 Å². The number of aromatic nitrogens is 1. The highest BCUT2D eigenvalue weighted by molar-refractivity contribution is 7.89. The Bertz CT molecular complexity index is 529. The van der Waals surface area contributed by atoms with Gasteiger partial charge in [-0.15, -0.1) is 0 Å². The zero-order chi connectivity index (χ0) is 13.8. The van der Waals surface area contributed by atoms with E-state index in [-0.39, 0.29) is 16.6 Å². The summed E-state index contributed by atoms with van der Waals surface area (Å²) in [4.78, 5) is 3.93. The average Bonchev–Trinajstić information content (AvgIpc) is 2.35. The summed E-state index contributed by atoms with van der Waals surface area (Å²) in [7, 11) is -3.53. The molecule has 0 amide bonds. The Kier molecular flexibility index (Phi) is 4.82. The highest BCUT2D eigenvalue weighted by Crippen LogP contribution is 2.17. The second-order valence-electron chi connectivity index (χ2n) is 4.20. The van der Waals surface area contributed by atoms with E-state index in [1.807, 2.05) is 26.8 Å². The molecule has 0 aliphatic rings. The molecule has 0 aliphatic heterocycles. The lowest BCUT2D eigenvalue weighted by Crippen LogP contribution is -2.37. The Labute approximate surface area is 108 Å². The van der Waals surface area contributed by atoms with Gasteiger partial charge in [0.25, 0.3) is 0 Å². The zero-order valence-electron chi connectivity index (χ0n) is 10.8. The molecule has 1 aromatic heterocycles. The third kappa shape index (κ3) is 3.06. The Hall–Kier alpha value is -1.45. The van der Waals surface area contributed by atoms with Gasteiger partial charge in [-0.2, -0.15) is 9.57 Å². The molecule has 1 rings (SSSR count). The molecule has 0 saturated heterocycles. The van der Waals surface area contributed by atoms with Gasteiger partial charge in [0, 0.05) is 18.8 Å². The summed E-state index contributed by atoms with van der Waals surface area (Å²) < 4.78 is 26.2. The number of pyridine rings is 1. The van der Waals surface area contributed by atoms with E-state index in [0.29, 0.717) is 6.54 Å². The number of nitriles is 1.